The van der Waals surface area contributed by atoms with Crippen LogP contribution in [0.25, 0.3) is 0 Å². The van der Waals surface area contributed by atoms with E-state index >= 15 is 0 Å². The zero-order valence-corrected chi connectivity index (χ0v) is 12.4. The van der Waals surface area contributed by atoms with Crippen LogP contribution in [0.4, 0.5) is 4.39 Å². The first kappa shape index (κ1) is 15.3. The lowest BCUT2D eigenvalue weighted by Crippen LogP contribution is -2.46. The van der Waals surface area contributed by atoms with E-state index in [0.29, 0.717) is 0 Å². The molecule has 15 heavy (non-hydrogen) atoms. The molecular weight excluding hydrogens is 234 g/mol. The van der Waals surface area contributed by atoms with Gasteiger partial charge in [-0.05, 0) is 20.8 Å². The molecule has 0 spiro atoms. The van der Waals surface area contributed by atoms with Gasteiger partial charge in [-0.25, -0.2) is 4.39 Å². The molecule has 0 heterocycles. The van der Waals surface area contributed by atoms with Gasteiger partial charge in [-0.1, -0.05) is 19.6 Å². The summed E-state index contributed by atoms with van der Waals surface area (Å²) in [5.41, 5.74) is 0. The molecule has 0 aromatic carbocycles. The zero-order valence-electron chi connectivity index (χ0n) is 10.5. The van der Waals surface area contributed by atoms with Crippen LogP contribution < -0.4 is 0 Å². The Morgan fingerprint density at radius 2 is 1.53 bits per heavy atom. The van der Waals surface area contributed by atoms with E-state index in [1.807, 2.05) is 19.6 Å². The maximum absolute atomic E-state index is 14.6. The van der Waals surface area contributed by atoms with Crippen molar-refractivity contribution < 1.29 is 18.0 Å². The third kappa shape index (κ3) is 3.13. The molecule has 0 N–H and O–H groups in total. The summed E-state index contributed by atoms with van der Waals surface area (Å²) in [4.78, 5) is 0. The Bertz CT molecular complexity index is 240. The summed E-state index contributed by atoms with van der Waals surface area (Å²) >= 11 is 0. The average Bonchev–Trinajstić information content (AvgIpc) is 2.02. The van der Waals surface area contributed by atoms with Crippen molar-refractivity contribution in [1.29, 1.82) is 0 Å². The molecule has 0 radical (unpaired) electrons. The second kappa shape index (κ2) is 5.08. The summed E-state index contributed by atoms with van der Waals surface area (Å²) < 4.78 is 37.0. The lowest BCUT2D eigenvalue weighted by molar-refractivity contribution is 0.179. The van der Waals surface area contributed by atoms with Crippen LogP contribution >= 0.6 is 7.60 Å². The quantitative estimate of drug-likeness (QED) is 0.535. The van der Waals surface area contributed by atoms with E-state index in [1.165, 1.54) is 6.92 Å². The summed E-state index contributed by atoms with van der Waals surface area (Å²) in [7, 11) is -5.92. The molecule has 0 amide bonds. The lowest BCUT2D eigenvalue weighted by Gasteiger charge is -2.37. The van der Waals surface area contributed by atoms with Gasteiger partial charge >= 0.3 is 7.60 Å². The highest BCUT2D eigenvalue weighted by molar-refractivity contribution is 7.58. The fraction of sp³-hybridized carbons (Fsp3) is 1.00. The first-order chi connectivity index (χ1) is 6.62. The van der Waals surface area contributed by atoms with E-state index in [0.717, 1.165) is 0 Å². The molecule has 0 aromatic heterocycles. The SMILES string of the molecule is CCOP(=O)(OCC)C(C)(F)[Si](C)(C)C. The third-order valence-electron chi connectivity index (χ3n) is 2.48. The summed E-state index contributed by atoms with van der Waals surface area (Å²) in [6.45, 7) is 10.6. The number of halogens is 1. The van der Waals surface area contributed by atoms with Crippen LogP contribution in [-0.2, 0) is 13.6 Å². The van der Waals surface area contributed by atoms with Crippen molar-refractivity contribution in [2.45, 2.75) is 45.4 Å². The molecule has 0 bridgehead atoms. The fourth-order valence-electron chi connectivity index (χ4n) is 1.03. The van der Waals surface area contributed by atoms with Crippen LogP contribution in [0.2, 0.25) is 19.6 Å². The predicted molar refractivity (Wildman–Crippen MR) is 63.7 cm³/mol. The van der Waals surface area contributed by atoms with Crippen LogP contribution in [0, 0.1) is 0 Å². The van der Waals surface area contributed by atoms with Crippen LogP contribution in [0.5, 0.6) is 0 Å². The van der Waals surface area contributed by atoms with Crippen LogP contribution in [-0.4, -0.2) is 26.3 Å². The van der Waals surface area contributed by atoms with Gasteiger partial charge in [0, 0.05) is 0 Å². The third-order valence-corrected chi connectivity index (χ3v) is 10.3. The summed E-state index contributed by atoms with van der Waals surface area (Å²) in [6.07, 6.45) is 0. The maximum Gasteiger partial charge on any atom is 0.363 e. The molecule has 0 aliphatic carbocycles. The van der Waals surface area contributed by atoms with Gasteiger partial charge in [0.05, 0.1) is 13.2 Å². The smallest absolute Gasteiger partial charge is 0.307 e. The summed E-state index contributed by atoms with van der Waals surface area (Å²) in [6, 6.07) is 0. The van der Waals surface area contributed by atoms with Crippen LogP contribution in [0.1, 0.15) is 20.8 Å². The molecule has 0 saturated heterocycles. The molecule has 6 heteroatoms. The first-order valence-electron chi connectivity index (χ1n) is 5.20. The second-order valence-corrected chi connectivity index (χ2v) is 12.7. The molecule has 1 atom stereocenters. The normalized spacial score (nSPS) is 17.5. The predicted octanol–water partition coefficient (Wildman–Crippen LogP) is 3.82. The molecule has 0 aliphatic rings. The Hall–Kier alpha value is 0.297. The van der Waals surface area contributed by atoms with E-state index < -0.39 is 20.7 Å². The van der Waals surface area contributed by atoms with Gasteiger partial charge < -0.3 is 9.05 Å². The van der Waals surface area contributed by atoms with Crippen molar-refractivity contribution in [1.82, 2.24) is 0 Å². The molecule has 1 unspecified atom stereocenters. The molecule has 0 aromatic rings. The van der Waals surface area contributed by atoms with Crippen molar-refractivity contribution in [2.75, 3.05) is 13.2 Å². The molecule has 92 valence electrons. The van der Waals surface area contributed by atoms with Crippen molar-refractivity contribution in [3.63, 3.8) is 0 Å². The van der Waals surface area contributed by atoms with E-state index in [2.05, 4.69) is 0 Å². The Morgan fingerprint density at radius 3 is 1.73 bits per heavy atom. The Kier molecular flexibility index (Phi) is 5.19. The average molecular weight is 256 g/mol. The zero-order chi connectivity index (χ0) is 12.3. The topological polar surface area (TPSA) is 35.5 Å². The van der Waals surface area contributed by atoms with Gasteiger partial charge in [-0.2, -0.15) is 0 Å². The number of hydrogen-bond donors (Lipinski definition) is 0. The molecule has 0 saturated carbocycles. The van der Waals surface area contributed by atoms with Crippen LogP contribution in [0.3, 0.4) is 0 Å². The van der Waals surface area contributed by atoms with E-state index in [4.69, 9.17) is 9.05 Å². The van der Waals surface area contributed by atoms with Crippen molar-refractivity contribution in [3.8, 4) is 0 Å². The molecule has 0 aliphatic heterocycles. The number of rotatable bonds is 6. The fourth-order valence-corrected chi connectivity index (χ4v) is 5.94. The molecule has 0 rings (SSSR count). The highest BCUT2D eigenvalue weighted by atomic mass is 31.2. The van der Waals surface area contributed by atoms with Gasteiger partial charge in [-0.3, -0.25) is 4.57 Å². The lowest BCUT2D eigenvalue weighted by atomic mass is 10.9. The standard InChI is InChI=1S/C9H22FO3PSi/c1-7-12-14(11,13-8-2)9(3,10)15(4,5)6/h7-8H2,1-6H3. The number of hydrogen-bond acceptors (Lipinski definition) is 3. The van der Waals surface area contributed by atoms with Gasteiger partial charge in [0.15, 0.2) is 5.03 Å². The first-order valence-corrected chi connectivity index (χ1v) is 10.2. The highest BCUT2D eigenvalue weighted by Crippen LogP contribution is 2.63. The molecule has 0 fully saturated rings. The largest absolute Gasteiger partial charge is 0.363 e. The highest BCUT2D eigenvalue weighted by Gasteiger charge is 2.56. The Balaban J connectivity index is 5.16. The van der Waals surface area contributed by atoms with Gasteiger partial charge in [-0.15, -0.1) is 0 Å². The second-order valence-electron chi connectivity index (χ2n) is 4.54. The van der Waals surface area contributed by atoms with Gasteiger partial charge in [0.25, 0.3) is 0 Å². The minimum absolute atomic E-state index is 0.196. The Morgan fingerprint density at radius 1 is 1.20 bits per heavy atom. The monoisotopic (exact) mass is 256 g/mol. The molecular formula is C9H22FO3PSi. The van der Waals surface area contributed by atoms with Gasteiger partial charge in [0.2, 0.25) is 0 Å². The van der Waals surface area contributed by atoms with E-state index in [1.54, 1.807) is 13.8 Å². The molecule has 3 nitrogen and oxygen atoms in total. The minimum Gasteiger partial charge on any atom is -0.307 e. The minimum atomic E-state index is -3.65. The van der Waals surface area contributed by atoms with E-state index in [-0.39, 0.29) is 13.2 Å². The number of alkyl halides is 1. The van der Waals surface area contributed by atoms with Crippen molar-refractivity contribution in [2.24, 2.45) is 0 Å². The summed E-state index contributed by atoms with van der Waals surface area (Å²) in [5.74, 6) is 0. The summed E-state index contributed by atoms with van der Waals surface area (Å²) in [5, 5.41) is -1.86. The van der Waals surface area contributed by atoms with Crippen molar-refractivity contribution in [3.05, 3.63) is 0 Å². The maximum atomic E-state index is 14.6. The van der Waals surface area contributed by atoms with E-state index in [9.17, 15) is 8.96 Å². The van der Waals surface area contributed by atoms with Crippen LogP contribution in [0.15, 0.2) is 0 Å². The Labute approximate surface area is 92.9 Å². The van der Waals surface area contributed by atoms with Crippen molar-refractivity contribution >= 4 is 15.7 Å². The van der Waals surface area contributed by atoms with Gasteiger partial charge in [0.1, 0.15) is 8.07 Å².